The van der Waals surface area contributed by atoms with Crippen molar-refractivity contribution < 1.29 is 23.4 Å². The summed E-state index contributed by atoms with van der Waals surface area (Å²) >= 11 is 0. The van der Waals surface area contributed by atoms with Crippen LogP contribution in [-0.4, -0.2) is 23.2 Å². The number of alkyl halides is 2. The van der Waals surface area contributed by atoms with Gasteiger partial charge in [-0.15, -0.1) is 0 Å². The van der Waals surface area contributed by atoms with Gasteiger partial charge in [-0.1, -0.05) is 0 Å². The number of ether oxygens (including phenoxy) is 1. The molecule has 0 aliphatic carbocycles. The van der Waals surface area contributed by atoms with Gasteiger partial charge in [0.2, 0.25) is 5.88 Å². The van der Waals surface area contributed by atoms with Crippen LogP contribution in [0.5, 0.6) is 5.88 Å². The molecule has 5 nitrogen and oxygen atoms in total. The number of carboxylic acids is 1. The average molecular weight is 232 g/mol. The Bertz CT molecular complexity index is 410. The summed E-state index contributed by atoms with van der Waals surface area (Å²) in [6.07, 6.45) is -2.83. The van der Waals surface area contributed by atoms with Gasteiger partial charge in [0.15, 0.2) is 5.69 Å². The van der Waals surface area contributed by atoms with Gasteiger partial charge in [-0.2, -0.15) is 0 Å². The molecule has 0 aliphatic heterocycles. The first-order chi connectivity index (χ1) is 7.51. The predicted octanol–water partition coefficient (Wildman–Crippen LogP) is 1.18. The Hall–Kier alpha value is -1.76. The van der Waals surface area contributed by atoms with Crippen LogP contribution in [0.15, 0.2) is 6.07 Å². The van der Waals surface area contributed by atoms with Crippen LogP contribution in [0.25, 0.3) is 0 Å². The minimum Gasteiger partial charge on any atom is -0.481 e. The molecule has 0 aliphatic rings. The molecule has 7 heteroatoms. The molecule has 1 rings (SSSR count). The first-order valence-corrected chi connectivity index (χ1v) is 4.30. The highest BCUT2D eigenvalue weighted by Gasteiger charge is 2.22. The van der Waals surface area contributed by atoms with Gasteiger partial charge in [0.05, 0.1) is 7.11 Å². The lowest BCUT2D eigenvalue weighted by atomic mass is 10.1. The molecule has 0 amide bonds. The van der Waals surface area contributed by atoms with Crippen LogP contribution in [0, 0.1) is 0 Å². The van der Waals surface area contributed by atoms with Crippen LogP contribution in [-0.2, 0) is 6.54 Å². The van der Waals surface area contributed by atoms with E-state index in [1.54, 1.807) is 0 Å². The number of aromatic nitrogens is 1. The molecule has 0 radical (unpaired) electrons. The van der Waals surface area contributed by atoms with Gasteiger partial charge in [0, 0.05) is 23.7 Å². The Balaban J connectivity index is 3.46. The number of nitrogens with zero attached hydrogens (tertiary/aromatic N) is 1. The second-order valence-corrected chi connectivity index (χ2v) is 2.89. The number of hydrogen-bond donors (Lipinski definition) is 2. The molecule has 0 atom stereocenters. The zero-order valence-electron chi connectivity index (χ0n) is 8.41. The Morgan fingerprint density at radius 3 is 2.69 bits per heavy atom. The number of nitrogens with two attached hydrogens (primary N) is 1. The Labute approximate surface area is 89.9 Å². The second kappa shape index (κ2) is 4.84. The number of pyridine rings is 1. The van der Waals surface area contributed by atoms with Gasteiger partial charge >= 0.3 is 5.97 Å². The first kappa shape index (κ1) is 12.3. The summed E-state index contributed by atoms with van der Waals surface area (Å²) in [5.41, 5.74) is 4.09. The van der Waals surface area contributed by atoms with E-state index in [1.807, 2.05) is 0 Å². The van der Waals surface area contributed by atoms with E-state index in [2.05, 4.69) is 9.72 Å². The van der Waals surface area contributed by atoms with Crippen LogP contribution < -0.4 is 10.5 Å². The van der Waals surface area contributed by atoms with Gasteiger partial charge in [-0.3, -0.25) is 0 Å². The van der Waals surface area contributed by atoms with E-state index >= 15 is 0 Å². The van der Waals surface area contributed by atoms with Crippen molar-refractivity contribution in [3.05, 3.63) is 22.9 Å². The molecule has 1 heterocycles. The highest BCUT2D eigenvalue weighted by Crippen LogP contribution is 2.27. The summed E-state index contributed by atoms with van der Waals surface area (Å²) in [4.78, 5) is 14.4. The minimum atomic E-state index is -2.83. The summed E-state index contributed by atoms with van der Waals surface area (Å²) in [5.74, 6) is -1.59. The highest BCUT2D eigenvalue weighted by atomic mass is 19.3. The molecular weight excluding hydrogens is 222 g/mol. The molecule has 1 aromatic heterocycles. The van der Waals surface area contributed by atoms with E-state index in [0.29, 0.717) is 0 Å². The van der Waals surface area contributed by atoms with Crippen molar-refractivity contribution in [2.75, 3.05) is 7.11 Å². The van der Waals surface area contributed by atoms with Crippen molar-refractivity contribution in [1.82, 2.24) is 4.98 Å². The molecule has 0 spiro atoms. The summed E-state index contributed by atoms with van der Waals surface area (Å²) in [6, 6.07) is 0.985. The van der Waals surface area contributed by atoms with Crippen molar-refractivity contribution in [3.63, 3.8) is 0 Å². The van der Waals surface area contributed by atoms with E-state index < -0.39 is 23.7 Å². The van der Waals surface area contributed by atoms with E-state index in [9.17, 15) is 13.6 Å². The molecular formula is C9H10F2N2O3. The average Bonchev–Trinajstić information content (AvgIpc) is 2.26. The molecule has 0 bridgehead atoms. The van der Waals surface area contributed by atoms with Crippen molar-refractivity contribution in [2.24, 2.45) is 5.73 Å². The van der Waals surface area contributed by atoms with Gasteiger partial charge in [0.25, 0.3) is 6.43 Å². The molecule has 16 heavy (non-hydrogen) atoms. The summed E-state index contributed by atoms with van der Waals surface area (Å²) in [6.45, 7) is -0.321. The lowest BCUT2D eigenvalue weighted by Crippen LogP contribution is -2.13. The maximum Gasteiger partial charge on any atom is 0.354 e. The van der Waals surface area contributed by atoms with Crippen molar-refractivity contribution >= 4 is 5.97 Å². The predicted molar refractivity (Wildman–Crippen MR) is 50.6 cm³/mol. The van der Waals surface area contributed by atoms with E-state index in [-0.39, 0.29) is 18.0 Å². The molecule has 0 aromatic carbocycles. The van der Waals surface area contributed by atoms with Crippen LogP contribution in [0.1, 0.15) is 28.0 Å². The smallest absolute Gasteiger partial charge is 0.354 e. The Kier molecular flexibility index (Phi) is 3.73. The normalized spacial score (nSPS) is 10.6. The molecule has 0 fully saturated rings. The first-order valence-electron chi connectivity index (χ1n) is 4.30. The Morgan fingerprint density at radius 1 is 1.69 bits per heavy atom. The minimum absolute atomic E-state index is 0.176. The molecule has 88 valence electrons. The molecule has 0 saturated carbocycles. The standard InChI is InChI=1S/C9H10F2N2O3/c1-16-6-2-4(8(10)11)5(3-12)7(13-6)9(14)15/h2,8H,3,12H2,1H3,(H,14,15). The fourth-order valence-electron chi connectivity index (χ4n) is 1.26. The number of aromatic carboxylic acids is 1. The quantitative estimate of drug-likeness (QED) is 0.814. The van der Waals surface area contributed by atoms with Crippen molar-refractivity contribution in [2.45, 2.75) is 13.0 Å². The molecule has 1 aromatic rings. The lowest BCUT2D eigenvalue weighted by Gasteiger charge is -2.11. The van der Waals surface area contributed by atoms with Crippen molar-refractivity contribution in [3.8, 4) is 5.88 Å². The monoisotopic (exact) mass is 232 g/mol. The maximum atomic E-state index is 12.6. The van der Waals surface area contributed by atoms with Crippen LogP contribution in [0.2, 0.25) is 0 Å². The van der Waals surface area contributed by atoms with E-state index in [4.69, 9.17) is 10.8 Å². The fraction of sp³-hybridized carbons (Fsp3) is 0.333. The number of carbonyl (C=O) groups is 1. The zero-order chi connectivity index (χ0) is 12.3. The number of rotatable bonds is 4. The number of halogens is 2. The molecule has 0 unspecified atom stereocenters. The zero-order valence-corrected chi connectivity index (χ0v) is 8.41. The third-order valence-corrected chi connectivity index (χ3v) is 1.99. The Morgan fingerprint density at radius 2 is 2.31 bits per heavy atom. The van der Waals surface area contributed by atoms with E-state index in [0.717, 1.165) is 6.07 Å². The fourth-order valence-corrected chi connectivity index (χ4v) is 1.26. The van der Waals surface area contributed by atoms with Crippen LogP contribution in [0.4, 0.5) is 8.78 Å². The van der Waals surface area contributed by atoms with Gasteiger partial charge in [-0.25, -0.2) is 18.6 Å². The van der Waals surface area contributed by atoms with Crippen LogP contribution in [0.3, 0.4) is 0 Å². The summed E-state index contributed by atoms with van der Waals surface area (Å²) in [5, 5.41) is 8.80. The third kappa shape index (κ3) is 2.25. The van der Waals surface area contributed by atoms with E-state index in [1.165, 1.54) is 7.11 Å². The number of methoxy groups -OCH3 is 1. The number of hydrogen-bond acceptors (Lipinski definition) is 4. The maximum absolute atomic E-state index is 12.6. The van der Waals surface area contributed by atoms with Crippen LogP contribution >= 0.6 is 0 Å². The molecule has 3 N–H and O–H groups in total. The number of carboxylic acid groups (broad SMARTS) is 1. The SMILES string of the molecule is COc1cc(C(F)F)c(CN)c(C(=O)O)n1. The lowest BCUT2D eigenvalue weighted by molar-refractivity contribution is 0.0687. The highest BCUT2D eigenvalue weighted by molar-refractivity contribution is 5.87. The topological polar surface area (TPSA) is 85.4 Å². The summed E-state index contributed by atoms with van der Waals surface area (Å²) in [7, 11) is 1.21. The second-order valence-electron chi connectivity index (χ2n) is 2.89. The third-order valence-electron chi connectivity index (χ3n) is 1.99. The van der Waals surface area contributed by atoms with Crippen molar-refractivity contribution in [1.29, 1.82) is 0 Å². The summed E-state index contributed by atoms with van der Waals surface area (Å²) < 4.78 is 29.9. The van der Waals surface area contributed by atoms with Gasteiger partial charge in [-0.05, 0) is 0 Å². The molecule has 0 saturated heterocycles. The largest absolute Gasteiger partial charge is 0.481 e. The van der Waals surface area contributed by atoms with Gasteiger partial charge < -0.3 is 15.6 Å². The van der Waals surface area contributed by atoms with Gasteiger partial charge in [0.1, 0.15) is 0 Å².